The number of nitrogens with zero attached hydrogens (tertiary/aromatic N) is 7. The van der Waals surface area contributed by atoms with Crippen LogP contribution in [0, 0.1) is 0 Å². The number of imidazole rings is 1. The second kappa shape index (κ2) is 11.3. The van der Waals surface area contributed by atoms with Gasteiger partial charge in [-0.3, -0.25) is 19.1 Å². The maximum atomic E-state index is 14.3. The van der Waals surface area contributed by atoms with Crippen molar-refractivity contribution in [3.05, 3.63) is 93.0 Å². The largest absolute Gasteiger partial charge is 0.335 e. The Balaban J connectivity index is 1.37. The Labute approximate surface area is 266 Å². The summed E-state index contributed by atoms with van der Waals surface area (Å²) in [5, 5.41) is 0.508. The number of fused-ring (bicyclic) bond motifs is 1. The summed E-state index contributed by atoms with van der Waals surface area (Å²) in [7, 11) is -4.14. The lowest BCUT2D eigenvalue weighted by Gasteiger charge is -2.34. The van der Waals surface area contributed by atoms with Crippen molar-refractivity contribution in [3.8, 4) is 0 Å². The highest BCUT2D eigenvalue weighted by atomic mass is 79.9. The van der Waals surface area contributed by atoms with Crippen molar-refractivity contribution in [3.63, 3.8) is 0 Å². The van der Waals surface area contributed by atoms with Crippen molar-refractivity contribution in [2.24, 2.45) is 0 Å². The molecule has 0 radical (unpaired) electrons. The fourth-order valence-electron chi connectivity index (χ4n) is 5.45. The van der Waals surface area contributed by atoms with Gasteiger partial charge in [0, 0.05) is 59.5 Å². The number of carbonyl (C=O) groups excluding carboxylic acids is 2. The molecule has 0 N–H and O–H groups in total. The molecule has 0 bridgehead atoms. The van der Waals surface area contributed by atoms with E-state index in [2.05, 4.69) is 30.9 Å². The highest BCUT2D eigenvalue weighted by Crippen LogP contribution is 2.45. The van der Waals surface area contributed by atoms with Crippen LogP contribution in [0.15, 0.2) is 76.8 Å². The average Bonchev–Trinajstić information content (AvgIpc) is 3.52. The minimum Gasteiger partial charge on any atom is -0.335 e. The van der Waals surface area contributed by atoms with E-state index in [9.17, 15) is 18.0 Å². The predicted molar refractivity (Wildman–Crippen MR) is 164 cm³/mol. The molecule has 1 fully saturated rings. The normalized spacial score (nSPS) is 19.1. The zero-order valence-corrected chi connectivity index (χ0v) is 26.6. The van der Waals surface area contributed by atoms with Crippen LogP contribution in [0.4, 0.5) is 11.6 Å². The number of hydrogen-bond donors (Lipinski definition) is 0. The van der Waals surface area contributed by atoms with E-state index in [0.717, 1.165) is 10.0 Å². The second-order valence-electron chi connectivity index (χ2n) is 10.4. The number of anilines is 2. The molecule has 2 aromatic heterocycles. The van der Waals surface area contributed by atoms with Gasteiger partial charge in [-0.1, -0.05) is 51.3 Å². The van der Waals surface area contributed by atoms with Crippen LogP contribution in [0.3, 0.4) is 0 Å². The van der Waals surface area contributed by atoms with Gasteiger partial charge >= 0.3 is 0 Å². The Morgan fingerprint density at radius 3 is 2.28 bits per heavy atom. The highest BCUT2D eigenvalue weighted by molar-refractivity contribution is 9.10. The molecule has 43 heavy (non-hydrogen) atoms. The summed E-state index contributed by atoms with van der Waals surface area (Å²) in [5.74, 6) is -0.565. The van der Waals surface area contributed by atoms with Crippen molar-refractivity contribution in [2.75, 3.05) is 31.1 Å². The van der Waals surface area contributed by atoms with Crippen LogP contribution < -0.4 is 4.90 Å². The molecule has 6 rings (SSSR count). The topological polar surface area (TPSA) is 122 Å². The molecule has 11 nitrogen and oxygen atoms in total. The summed E-state index contributed by atoms with van der Waals surface area (Å²) in [5.41, 5.74) is 0.0228. The molecule has 1 atom stereocenters. The first-order valence-electron chi connectivity index (χ1n) is 13.2. The fourth-order valence-corrected chi connectivity index (χ4v) is 7.84. The minimum atomic E-state index is -4.14. The highest BCUT2D eigenvalue weighted by Gasteiger charge is 2.52. The van der Waals surface area contributed by atoms with Gasteiger partial charge in [0.25, 0.3) is 21.8 Å². The lowest BCUT2D eigenvalue weighted by Crippen LogP contribution is -2.51. The third-order valence-corrected chi connectivity index (χ3v) is 10.4. The number of benzene rings is 2. The standard InChI is InChI=1S/C28H24BrCl2N7O4S/c1-28(15-18-2-4-19(29)5-3-18)26(40)37(22-13-20(30)12-21(31)14-22)27-34-17-24(38(27)28)43(41,42)36-10-8-35(9-11-36)25(39)23-16-32-6-7-33-23/h2-7,12-14,16-17H,8-11,15H2,1H3/t28-/m1/s1. The molecule has 0 spiro atoms. The Hall–Kier alpha value is -3.36. The Kier molecular flexibility index (Phi) is 7.80. The van der Waals surface area contributed by atoms with E-state index >= 15 is 0 Å². The van der Waals surface area contributed by atoms with Crippen molar-refractivity contribution in [1.29, 1.82) is 0 Å². The zero-order chi connectivity index (χ0) is 30.5. The first-order chi connectivity index (χ1) is 20.5. The Morgan fingerprint density at radius 2 is 1.65 bits per heavy atom. The number of hydrogen-bond acceptors (Lipinski definition) is 7. The summed E-state index contributed by atoms with van der Waals surface area (Å²) < 4.78 is 32.0. The van der Waals surface area contributed by atoms with Crippen LogP contribution in [0.1, 0.15) is 23.0 Å². The molecule has 222 valence electrons. The zero-order valence-electron chi connectivity index (χ0n) is 22.7. The first kappa shape index (κ1) is 29.7. The molecule has 0 unspecified atom stereocenters. The number of rotatable bonds is 6. The molecule has 0 aliphatic carbocycles. The maximum absolute atomic E-state index is 14.3. The van der Waals surface area contributed by atoms with E-state index in [1.807, 2.05) is 24.3 Å². The Morgan fingerprint density at radius 1 is 0.977 bits per heavy atom. The van der Waals surface area contributed by atoms with E-state index in [-0.39, 0.29) is 61.1 Å². The first-order valence-corrected chi connectivity index (χ1v) is 16.2. The summed E-state index contributed by atoms with van der Waals surface area (Å²) in [6.45, 7) is 2.14. The minimum absolute atomic E-state index is 0.0554. The Bertz CT molecular complexity index is 1810. The predicted octanol–water partition coefficient (Wildman–Crippen LogP) is 4.53. The maximum Gasteiger partial charge on any atom is 0.274 e. The number of sulfonamides is 1. The van der Waals surface area contributed by atoms with E-state index in [1.54, 1.807) is 30.0 Å². The van der Waals surface area contributed by atoms with E-state index in [0.29, 0.717) is 15.7 Å². The van der Waals surface area contributed by atoms with Crippen LogP contribution >= 0.6 is 39.1 Å². The summed E-state index contributed by atoms with van der Waals surface area (Å²) in [6, 6.07) is 12.2. The molecule has 2 aromatic carbocycles. The molecule has 0 saturated carbocycles. The van der Waals surface area contributed by atoms with Crippen LogP contribution in [0.5, 0.6) is 0 Å². The fraction of sp³-hybridized carbons (Fsp3) is 0.250. The van der Waals surface area contributed by atoms with Crippen molar-refractivity contribution >= 4 is 72.6 Å². The molecule has 4 aromatic rings. The third kappa shape index (κ3) is 5.33. The molecule has 2 amide bonds. The van der Waals surface area contributed by atoms with Crippen molar-refractivity contribution in [2.45, 2.75) is 23.9 Å². The summed E-state index contributed by atoms with van der Waals surface area (Å²) in [6.07, 6.45) is 5.75. The van der Waals surface area contributed by atoms with Crippen LogP contribution in [-0.2, 0) is 26.8 Å². The number of carbonyl (C=O) groups is 2. The van der Waals surface area contributed by atoms with Gasteiger partial charge in [-0.05, 0) is 42.8 Å². The molecule has 15 heteroatoms. The average molecular weight is 705 g/mol. The van der Waals surface area contributed by atoms with Gasteiger partial charge in [-0.2, -0.15) is 4.31 Å². The number of aromatic nitrogens is 4. The van der Waals surface area contributed by atoms with Crippen molar-refractivity contribution in [1.82, 2.24) is 28.7 Å². The molecule has 2 aliphatic heterocycles. The van der Waals surface area contributed by atoms with Crippen molar-refractivity contribution < 1.29 is 18.0 Å². The van der Waals surface area contributed by atoms with Gasteiger partial charge in [-0.15, -0.1) is 0 Å². The summed E-state index contributed by atoms with van der Waals surface area (Å²) >= 11 is 16.0. The number of piperazine rings is 1. The van der Waals surface area contributed by atoms with Gasteiger partial charge < -0.3 is 4.90 Å². The monoisotopic (exact) mass is 703 g/mol. The molecular formula is C28H24BrCl2N7O4S. The van der Waals surface area contributed by atoms with Gasteiger partial charge in [-0.25, -0.2) is 23.3 Å². The lowest BCUT2D eigenvalue weighted by molar-refractivity contribution is -0.124. The van der Waals surface area contributed by atoms with Crippen LogP contribution in [0.25, 0.3) is 0 Å². The quantitative estimate of drug-likeness (QED) is 0.289. The number of halogens is 3. The summed E-state index contributed by atoms with van der Waals surface area (Å²) in [4.78, 5) is 42.4. The molecular weight excluding hydrogens is 681 g/mol. The lowest BCUT2D eigenvalue weighted by atomic mass is 9.92. The number of amides is 2. The molecule has 4 heterocycles. The van der Waals surface area contributed by atoms with E-state index in [4.69, 9.17) is 23.2 Å². The smallest absolute Gasteiger partial charge is 0.274 e. The van der Waals surface area contributed by atoms with Crippen LogP contribution in [-0.4, -0.2) is 75.1 Å². The van der Waals surface area contributed by atoms with Gasteiger partial charge in [0.05, 0.1) is 18.1 Å². The third-order valence-electron chi connectivity index (χ3n) is 7.55. The van der Waals surface area contributed by atoms with Gasteiger partial charge in [0.1, 0.15) is 11.2 Å². The van der Waals surface area contributed by atoms with Gasteiger partial charge in [0.15, 0.2) is 5.03 Å². The van der Waals surface area contributed by atoms with E-state index < -0.39 is 15.6 Å². The molecule has 2 aliphatic rings. The second-order valence-corrected chi connectivity index (χ2v) is 14.0. The van der Waals surface area contributed by atoms with E-state index in [1.165, 1.54) is 38.6 Å². The van der Waals surface area contributed by atoms with Crippen LogP contribution in [0.2, 0.25) is 10.0 Å². The SMILES string of the molecule is C[C@@]1(Cc2ccc(Br)cc2)C(=O)N(c2cc(Cl)cc(Cl)c2)c2ncc(S(=O)(=O)N3CCN(C(=O)c4cnccn4)CC3)n21. The van der Waals surface area contributed by atoms with Gasteiger partial charge in [0.2, 0.25) is 5.95 Å². The molecule has 1 saturated heterocycles.